The maximum atomic E-state index is 11.9. The zero-order chi connectivity index (χ0) is 15.1. The van der Waals surface area contributed by atoms with Crippen molar-refractivity contribution in [1.29, 1.82) is 0 Å². The van der Waals surface area contributed by atoms with Crippen molar-refractivity contribution in [3.63, 3.8) is 0 Å². The van der Waals surface area contributed by atoms with Crippen molar-refractivity contribution in [2.24, 2.45) is 0 Å². The van der Waals surface area contributed by atoms with Gasteiger partial charge < -0.3 is 15.2 Å². The summed E-state index contributed by atoms with van der Waals surface area (Å²) in [5, 5.41) is 10.5. The number of carbonyl (C=O) groups is 1. The van der Waals surface area contributed by atoms with Crippen LogP contribution in [0.5, 0.6) is 0 Å². The van der Waals surface area contributed by atoms with Crippen LogP contribution in [-0.4, -0.2) is 30.7 Å². The lowest BCUT2D eigenvalue weighted by Crippen LogP contribution is -2.31. The molecule has 0 fully saturated rings. The Morgan fingerprint density at radius 1 is 1.27 bits per heavy atom. The first kappa shape index (κ1) is 18.5. The molecule has 0 aliphatic rings. The highest BCUT2D eigenvalue weighted by Gasteiger charge is 2.13. The summed E-state index contributed by atoms with van der Waals surface area (Å²) >= 11 is 5.93. The van der Waals surface area contributed by atoms with Crippen LogP contribution in [0.2, 0.25) is 5.02 Å². The van der Waals surface area contributed by atoms with Gasteiger partial charge in [-0.3, -0.25) is 4.79 Å². The first-order valence-electron chi connectivity index (χ1n) is 6.92. The summed E-state index contributed by atoms with van der Waals surface area (Å²) in [6.45, 7) is 4.31. The minimum Gasteiger partial charge on any atom is -0.350 e. The van der Waals surface area contributed by atoms with Gasteiger partial charge in [-0.1, -0.05) is 35.8 Å². The zero-order valence-electron chi connectivity index (χ0n) is 12.3. The second-order valence-electron chi connectivity index (χ2n) is 4.59. The van der Waals surface area contributed by atoms with Crippen molar-refractivity contribution in [3.8, 4) is 11.3 Å². The summed E-state index contributed by atoms with van der Waals surface area (Å²) in [6, 6.07) is 8.85. The molecule has 0 saturated heterocycles. The van der Waals surface area contributed by atoms with Crippen LogP contribution in [0.25, 0.3) is 11.3 Å². The number of aromatic nitrogens is 1. The average molecular weight is 344 g/mol. The van der Waals surface area contributed by atoms with Crippen molar-refractivity contribution in [2.45, 2.75) is 13.3 Å². The Balaban J connectivity index is 0.00000242. The molecular formula is C15H19Cl2N3O2. The number of benzene rings is 1. The number of hydrogen-bond acceptors (Lipinski definition) is 4. The monoisotopic (exact) mass is 343 g/mol. The molecule has 1 heterocycles. The topological polar surface area (TPSA) is 67.2 Å². The fourth-order valence-corrected chi connectivity index (χ4v) is 2.01. The number of halogens is 2. The van der Waals surface area contributed by atoms with Gasteiger partial charge in [-0.15, -0.1) is 12.4 Å². The Labute approximate surface area is 140 Å². The van der Waals surface area contributed by atoms with E-state index in [1.165, 1.54) is 0 Å². The van der Waals surface area contributed by atoms with Crippen molar-refractivity contribution in [1.82, 2.24) is 15.8 Å². The Morgan fingerprint density at radius 3 is 2.82 bits per heavy atom. The summed E-state index contributed by atoms with van der Waals surface area (Å²) in [7, 11) is 0. The quantitative estimate of drug-likeness (QED) is 0.758. The average Bonchev–Trinajstić information content (AvgIpc) is 2.97. The number of nitrogens with zero attached hydrogens (tertiary/aromatic N) is 1. The third-order valence-corrected chi connectivity index (χ3v) is 3.10. The summed E-state index contributed by atoms with van der Waals surface area (Å²) in [6.07, 6.45) is 1.07. The van der Waals surface area contributed by atoms with Gasteiger partial charge in [-0.25, -0.2) is 0 Å². The highest BCUT2D eigenvalue weighted by Crippen LogP contribution is 2.22. The van der Waals surface area contributed by atoms with Crippen LogP contribution in [-0.2, 0) is 0 Å². The molecule has 22 heavy (non-hydrogen) atoms. The van der Waals surface area contributed by atoms with E-state index in [1.807, 2.05) is 12.1 Å². The predicted molar refractivity (Wildman–Crippen MR) is 89.7 cm³/mol. The van der Waals surface area contributed by atoms with Crippen LogP contribution in [0.3, 0.4) is 0 Å². The van der Waals surface area contributed by atoms with Crippen LogP contribution in [0.15, 0.2) is 34.9 Å². The molecule has 0 atom stereocenters. The standard InChI is InChI=1S/C15H18ClN3O2.ClH/c1-2-6-17-7-8-18-15(20)14-10-13(19-21-14)11-4-3-5-12(16)9-11;/h3-5,9-10,17H,2,6-8H2,1H3,(H,18,20);1H. The van der Waals surface area contributed by atoms with Crippen LogP contribution >= 0.6 is 24.0 Å². The minimum atomic E-state index is -0.269. The van der Waals surface area contributed by atoms with Gasteiger partial charge in [0.15, 0.2) is 0 Å². The molecule has 2 N–H and O–H groups in total. The largest absolute Gasteiger partial charge is 0.350 e. The lowest BCUT2D eigenvalue weighted by molar-refractivity contribution is 0.0917. The smallest absolute Gasteiger partial charge is 0.289 e. The van der Waals surface area contributed by atoms with Gasteiger partial charge in [0.05, 0.1) is 0 Å². The van der Waals surface area contributed by atoms with Crippen molar-refractivity contribution in [2.75, 3.05) is 19.6 Å². The Bertz CT molecular complexity index is 602. The predicted octanol–water partition coefficient (Wildman–Crippen LogP) is 3.15. The van der Waals surface area contributed by atoms with E-state index < -0.39 is 0 Å². The number of amides is 1. The van der Waals surface area contributed by atoms with E-state index in [0.717, 1.165) is 25.1 Å². The molecule has 0 aliphatic heterocycles. The number of nitrogens with one attached hydrogen (secondary N) is 2. The van der Waals surface area contributed by atoms with Crippen LogP contribution in [0.4, 0.5) is 0 Å². The molecule has 0 bridgehead atoms. The fraction of sp³-hybridized carbons (Fsp3) is 0.333. The summed E-state index contributed by atoms with van der Waals surface area (Å²) in [5.41, 5.74) is 1.40. The molecule has 2 aromatic rings. The van der Waals surface area contributed by atoms with Gasteiger partial charge in [0, 0.05) is 29.7 Å². The molecule has 120 valence electrons. The molecule has 1 aromatic heterocycles. The summed E-state index contributed by atoms with van der Waals surface area (Å²) < 4.78 is 5.07. The first-order valence-corrected chi connectivity index (χ1v) is 7.30. The Morgan fingerprint density at radius 2 is 2.09 bits per heavy atom. The zero-order valence-corrected chi connectivity index (χ0v) is 13.8. The maximum Gasteiger partial charge on any atom is 0.289 e. The molecule has 0 spiro atoms. The summed E-state index contributed by atoms with van der Waals surface area (Å²) in [4.78, 5) is 11.9. The maximum absolute atomic E-state index is 11.9. The molecular weight excluding hydrogens is 325 g/mol. The van der Waals surface area contributed by atoms with Crippen LogP contribution in [0, 0.1) is 0 Å². The third kappa shape index (κ3) is 5.33. The fourth-order valence-electron chi connectivity index (χ4n) is 1.82. The molecule has 1 aromatic carbocycles. The number of carbonyl (C=O) groups excluding carboxylic acids is 1. The van der Waals surface area contributed by atoms with E-state index in [2.05, 4.69) is 22.7 Å². The second kappa shape index (κ2) is 9.46. The van der Waals surface area contributed by atoms with Gasteiger partial charge in [0.2, 0.25) is 5.76 Å². The molecule has 0 unspecified atom stereocenters. The minimum absolute atomic E-state index is 0. The molecule has 7 heteroatoms. The first-order chi connectivity index (χ1) is 10.2. The highest BCUT2D eigenvalue weighted by molar-refractivity contribution is 6.30. The number of rotatable bonds is 7. The van der Waals surface area contributed by atoms with Crippen LogP contribution in [0.1, 0.15) is 23.9 Å². The van der Waals surface area contributed by atoms with Crippen LogP contribution < -0.4 is 10.6 Å². The van der Waals surface area contributed by atoms with Gasteiger partial charge in [-0.2, -0.15) is 0 Å². The van der Waals surface area contributed by atoms with E-state index in [-0.39, 0.29) is 24.1 Å². The molecule has 0 saturated carbocycles. The lowest BCUT2D eigenvalue weighted by Gasteiger charge is -2.03. The van der Waals surface area contributed by atoms with Gasteiger partial charge >= 0.3 is 0 Å². The highest BCUT2D eigenvalue weighted by atomic mass is 35.5. The summed E-state index contributed by atoms with van der Waals surface area (Å²) in [5.74, 6) is -0.0745. The van der Waals surface area contributed by atoms with Gasteiger partial charge in [0.25, 0.3) is 5.91 Å². The van der Waals surface area contributed by atoms with Crippen molar-refractivity contribution < 1.29 is 9.32 Å². The SMILES string of the molecule is CCCNCCNC(=O)c1cc(-c2cccc(Cl)c2)no1.Cl. The van der Waals surface area contributed by atoms with Crippen molar-refractivity contribution >= 4 is 29.9 Å². The van der Waals surface area contributed by atoms with Crippen molar-refractivity contribution in [3.05, 3.63) is 41.1 Å². The van der Waals surface area contributed by atoms with E-state index in [0.29, 0.717) is 17.3 Å². The number of hydrogen-bond donors (Lipinski definition) is 2. The normalized spacial score (nSPS) is 10.1. The third-order valence-electron chi connectivity index (χ3n) is 2.87. The molecule has 1 amide bonds. The lowest BCUT2D eigenvalue weighted by atomic mass is 10.1. The molecule has 0 aliphatic carbocycles. The second-order valence-corrected chi connectivity index (χ2v) is 5.03. The van der Waals surface area contributed by atoms with Gasteiger partial charge in [-0.05, 0) is 25.1 Å². The van der Waals surface area contributed by atoms with E-state index in [1.54, 1.807) is 18.2 Å². The molecule has 2 rings (SSSR count). The van der Waals surface area contributed by atoms with E-state index in [4.69, 9.17) is 16.1 Å². The van der Waals surface area contributed by atoms with E-state index in [9.17, 15) is 4.79 Å². The van der Waals surface area contributed by atoms with E-state index >= 15 is 0 Å². The molecule has 5 nitrogen and oxygen atoms in total. The Kier molecular flexibility index (Phi) is 7.95. The van der Waals surface area contributed by atoms with Gasteiger partial charge in [0.1, 0.15) is 5.69 Å². The molecule has 0 radical (unpaired) electrons. The Hall–Kier alpha value is -1.56.